The maximum Gasteiger partial charge on any atom is 0.322 e. The molecule has 90 valence electrons. The van der Waals surface area contributed by atoms with E-state index >= 15 is 0 Å². The molecule has 0 aromatic carbocycles. The lowest BCUT2D eigenvalue weighted by atomic mass is 10.0. The van der Waals surface area contributed by atoms with Gasteiger partial charge in [-0.2, -0.15) is 5.10 Å². The molecule has 0 spiro atoms. The number of esters is 1. The van der Waals surface area contributed by atoms with E-state index in [9.17, 15) is 4.79 Å². The molecule has 0 bridgehead atoms. The maximum absolute atomic E-state index is 11.5. The highest BCUT2D eigenvalue weighted by Gasteiger charge is 2.19. The molecule has 0 saturated carbocycles. The Hall–Kier alpha value is -1.36. The molecule has 0 aliphatic rings. The van der Waals surface area contributed by atoms with Gasteiger partial charge in [-0.05, 0) is 18.4 Å². The second kappa shape index (κ2) is 6.27. The van der Waals surface area contributed by atoms with Gasteiger partial charge in [-0.25, -0.2) is 0 Å². The van der Waals surface area contributed by atoms with Crippen molar-refractivity contribution in [3.8, 4) is 0 Å². The second-order valence-electron chi connectivity index (χ2n) is 4.17. The van der Waals surface area contributed by atoms with Crippen molar-refractivity contribution in [2.75, 3.05) is 7.11 Å². The SMILES string of the molecule is COC(=O)C(CC(C)C)NCc1ccn[nH]1. The van der Waals surface area contributed by atoms with E-state index in [1.807, 2.05) is 6.07 Å². The number of aromatic nitrogens is 2. The van der Waals surface area contributed by atoms with Crippen molar-refractivity contribution in [1.29, 1.82) is 0 Å². The summed E-state index contributed by atoms with van der Waals surface area (Å²) in [7, 11) is 1.41. The van der Waals surface area contributed by atoms with Crippen LogP contribution in [-0.4, -0.2) is 29.3 Å². The summed E-state index contributed by atoms with van der Waals surface area (Å²) in [6.07, 6.45) is 2.45. The van der Waals surface area contributed by atoms with Crippen LogP contribution in [0.15, 0.2) is 12.3 Å². The van der Waals surface area contributed by atoms with E-state index in [2.05, 4.69) is 29.4 Å². The van der Waals surface area contributed by atoms with Gasteiger partial charge in [-0.3, -0.25) is 15.2 Å². The van der Waals surface area contributed by atoms with Crippen molar-refractivity contribution in [2.24, 2.45) is 5.92 Å². The summed E-state index contributed by atoms with van der Waals surface area (Å²) in [5.41, 5.74) is 0.956. The minimum atomic E-state index is -0.256. The van der Waals surface area contributed by atoms with Gasteiger partial charge in [-0.15, -0.1) is 0 Å². The fourth-order valence-electron chi connectivity index (χ4n) is 1.49. The first kappa shape index (κ1) is 12.7. The summed E-state index contributed by atoms with van der Waals surface area (Å²) < 4.78 is 4.76. The summed E-state index contributed by atoms with van der Waals surface area (Å²) in [5, 5.41) is 9.84. The smallest absolute Gasteiger partial charge is 0.322 e. The standard InChI is InChI=1S/C11H19N3O2/c1-8(2)6-10(11(15)16-3)12-7-9-4-5-13-14-9/h4-5,8,10,12H,6-7H2,1-3H3,(H,13,14). The molecular formula is C11H19N3O2. The zero-order valence-electron chi connectivity index (χ0n) is 9.99. The number of H-pyrrole nitrogens is 1. The molecule has 5 nitrogen and oxygen atoms in total. The lowest BCUT2D eigenvalue weighted by Crippen LogP contribution is -2.38. The Morgan fingerprint density at radius 3 is 2.88 bits per heavy atom. The highest BCUT2D eigenvalue weighted by atomic mass is 16.5. The van der Waals surface area contributed by atoms with Gasteiger partial charge in [0, 0.05) is 18.4 Å². The van der Waals surface area contributed by atoms with Crippen LogP contribution >= 0.6 is 0 Å². The monoisotopic (exact) mass is 225 g/mol. The van der Waals surface area contributed by atoms with E-state index in [0.29, 0.717) is 12.5 Å². The van der Waals surface area contributed by atoms with Crippen molar-refractivity contribution in [1.82, 2.24) is 15.5 Å². The molecule has 16 heavy (non-hydrogen) atoms. The molecule has 5 heteroatoms. The number of carbonyl (C=O) groups excluding carboxylic acids is 1. The van der Waals surface area contributed by atoms with Crippen LogP contribution in [0.25, 0.3) is 0 Å². The van der Waals surface area contributed by atoms with Gasteiger partial charge in [0.25, 0.3) is 0 Å². The molecule has 0 amide bonds. The van der Waals surface area contributed by atoms with Crippen LogP contribution in [0.2, 0.25) is 0 Å². The number of carbonyl (C=O) groups is 1. The molecule has 1 atom stereocenters. The molecule has 1 aromatic heterocycles. The van der Waals surface area contributed by atoms with Crippen LogP contribution in [0, 0.1) is 5.92 Å². The number of rotatable bonds is 6. The number of nitrogens with zero attached hydrogens (tertiary/aromatic N) is 1. The van der Waals surface area contributed by atoms with Gasteiger partial charge in [0.15, 0.2) is 0 Å². The van der Waals surface area contributed by atoms with E-state index in [0.717, 1.165) is 12.1 Å². The molecule has 0 radical (unpaired) electrons. The van der Waals surface area contributed by atoms with Crippen LogP contribution in [0.4, 0.5) is 0 Å². The molecule has 1 aromatic rings. The highest BCUT2D eigenvalue weighted by Crippen LogP contribution is 2.07. The summed E-state index contributed by atoms with van der Waals surface area (Å²) in [4.78, 5) is 11.5. The quantitative estimate of drug-likeness (QED) is 0.711. The molecule has 1 unspecified atom stereocenters. The first-order valence-corrected chi connectivity index (χ1v) is 5.43. The summed E-state index contributed by atoms with van der Waals surface area (Å²) in [6.45, 7) is 4.74. The van der Waals surface area contributed by atoms with Crippen molar-refractivity contribution in [3.63, 3.8) is 0 Å². The Bertz CT molecular complexity index is 309. The van der Waals surface area contributed by atoms with Crippen LogP contribution < -0.4 is 5.32 Å². The van der Waals surface area contributed by atoms with Crippen molar-refractivity contribution in [2.45, 2.75) is 32.9 Å². The van der Waals surface area contributed by atoms with E-state index in [4.69, 9.17) is 4.74 Å². The normalized spacial score (nSPS) is 12.8. The summed E-state index contributed by atoms with van der Waals surface area (Å²) in [5.74, 6) is 0.228. The van der Waals surface area contributed by atoms with Crippen LogP contribution in [0.5, 0.6) is 0 Å². The molecule has 0 aliphatic carbocycles. The average Bonchev–Trinajstić information content (AvgIpc) is 2.75. The fourth-order valence-corrected chi connectivity index (χ4v) is 1.49. The van der Waals surface area contributed by atoms with Crippen LogP contribution in [0.1, 0.15) is 26.0 Å². The molecule has 1 rings (SSSR count). The minimum Gasteiger partial charge on any atom is -0.468 e. The zero-order chi connectivity index (χ0) is 12.0. The van der Waals surface area contributed by atoms with Crippen LogP contribution in [0.3, 0.4) is 0 Å². The van der Waals surface area contributed by atoms with Crippen molar-refractivity contribution in [3.05, 3.63) is 18.0 Å². The van der Waals surface area contributed by atoms with Crippen molar-refractivity contribution < 1.29 is 9.53 Å². The van der Waals surface area contributed by atoms with Crippen molar-refractivity contribution >= 4 is 5.97 Å². The predicted molar refractivity (Wildman–Crippen MR) is 60.7 cm³/mol. The second-order valence-corrected chi connectivity index (χ2v) is 4.17. The predicted octanol–water partition coefficient (Wildman–Crippen LogP) is 1.09. The molecule has 2 N–H and O–H groups in total. The Morgan fingerprint density at radius 1 is 1.62 bits per heavy atom. The van der Waals surface area contributed by atoms with Gasteiger partial charge in [-0.1, -0.05) is 13.8 Å². The summed E-state index contributed by atoms with van der Waals surface area (Å²) >= 11 is 0. The van der Waals surface area contributed by atoms with Gasteiger partial charge >= 0.3 is 5.97 Å². The topological polar surface area (TPSA) is 67.0 Å². The molecule has 1 heterocycles. The first-order chi connectivity index (χ1) is 7.63. The van der Waals surface area contributed by atoms with Gasteiger partial charge in [0.1, 0.15) is 6.04 Å². The molecule has 0 fully saturated rings. The van der Waals surface area contributed by atoms with Gasteiger partial charge < -0.3 is 4.74 Å². The number of aromatic amines is 1. The van der Waals surface area contributed by atoms with Gasteiger partial charge in [0.2, 0.25) is 0 Å². The number of hydrogen-bond acceptors (Lipinski definition) is 4. The van der Waals surface area contributed by atoms with Crippen LogP contribution in [-0.2, 0) is 16.1 Å². The van der Waals surface area contributed by atoms with Gasteiger partial charge in [0.05, 0.1) is 7.11 Å². The molecule has 0 aliphatic heterocycles. The van der Waals surface area contributed by atoms with E-state index < -0.39 is 0 Å². The number of methoxy groups -OCH3 is 1. The Labute approximate surface area is 95.6 Å². The highest BCUT2D eigenvalue weighted by molar-refractivity contribution is 5.75. The summed E-state index contributed by atoms with van der Waals surface area (Å²) in [6, 6.07) is 1.62. The minimum absolute atomic E-state index is 0.215. The first-order valence-electron chi connectivity index (χ1n) is 5.43. The number of nitrogens with one attached hydrogen (secondary N) is 2. The fraction of sp³-hybridized carbons (Fsp3) is 0.636. The third kappa shape index (κ3) is 4.02. The molecule has 0 saturated heterocycles. The Balaban J connectivity index is 2.46. The number of ether oxygens (including phenoxy) is 1. The lowest BCUT2D eigenvalue weighted by Gasteiger charge is -2.17. The zero-order valence-corrected chi connectivity index (χ0v) is 9.99. The third-order valence-electron chi connectivity index (χ3n) is 2.29. The number of hydrogen-bond donors (Lipinski definition) is 2. The lowest BCUT2D eigenvalue weighted by molar-refractivity contribution is -0.143. The van der Waals surface area contributed by atoms with E-state index in [1.54, 1.807) is 6.20 Å². The van der Waals surface area contributed by atoms with E-state index in [-0.39, 0.29) is 12.0 Å². The Kier molecular flexibility index (Phi) is 4.98. The van der Waals surface area contributed by atoms with E-state index in [1.165, 1.54) is 7.11 Å². The Morgan fingerprint density at radius 2 is 2.38 bits per heavy atom. The molecular weight excluding hydrogens is 206 g/mol. The third-order valence-corrected chi connectivity index (χ3v) is 2.29. The maximum atomic E-state index is 11.5. The largest absolute Gasteiger partial charge is 0.468 e. The average molecular weight is 225 g/mol.